The molecule has 0 bridgehead atoms. The molecule has 5 heteroatoms. The third-order valence-corrected chi connectivity index (χ3v) is 3.95. The monoisotopic (exact) mass is 333 g/mol. The van der Waals surface area contributed by atoms with Crippen LogP contribution in [0.5, 0.6) is 5.75 Å². The molecule has 18 heavy (non-hydrogen) atoms. The van der Waals surface area contributed by atoms with E-state index in [1.807, 2.05) is 13.8 Å². The van der Waals surface area contributed by atoms with E-state index in [4.69, 9.17) is 16.3 Å². The number of rotatable bonds is 5. The first-order chi connectivity index (χ1) is 8.45. The molecule has 0 aromatic heterocycles. The van der Waals surface area contributed by atoms with Crippen molar-refractivity contribution in [2.45, 2.75) is 19.2 Å². The molecule has 1 amide bonds. The summed E-state index contributed by atoms with van der Waals surface area (Å²) in [6, 6.07) is 5.27. The van der Waals surface area contributed by atoms with E-state index in [-0.39, 0.29) is 11.3 Å². The number of amides is 1. The first-order valence-corrected chi connectivity index (χ1v) is 6.94. The molecule has 0 heterocycles. The van der Waals surface area contributed by atoms with Crippen LogP contribution in [-0.2, 0) is 0 Å². The molecule has 0 aliphatic carbocycles. The van der Waals surface area contributed by atoms with Crippen LogP contribution in [-0.4, -0.2) is 24.9 Å². The number of carbonyl (C=O) groups is 1. The van der Waals surface area contributed by atoms with Crippen LogP contribution < -0.4 is 10.1 Å². The predicted molar refractivity (Wildman–Crippen MR) is 77.5 cm³/mol. The van der Waals surface area contributed by atoms with Crippen molar-refractivity contribution in [3.63, 3.8) is 0 Å². The molecule has 3 nitrogen and oxygen atoms in total. The molecule has 0 aliphatic rings. The van der Waals surface area contributed by atoms with E-state index in [1.54, 1.807) is 25.3 Å². The van der Waals surface area contributed by atoms with Gasteiger partial charge in [-0.1, -0.05) is 13.8 Å². The maximum atomic E-state index is 12.0. The zero-order valence-electron chi connectivity index (χ0n) is 10.7. The molecule has 0 spiro atoms. The second-order valence-electron chi connectivity index (χ2n) is 4.32. The Labute approximate surface area is 121 Å². The number of ether oxygens (including phenoxy) is 1. The Morgan fingerprint density at radius 2 is 2.17 bits per heavy atom. The summed E-state index contributed by atoms with van der Waals surface area (Å²) in [7, 11) is 1.57. The van der Waals surface area contributed by atoms with Crippen molar-refractivity contribution in [3.05, 3.63) is 28.2 Å². The van der Waals surface area contributed by atoms with Gasteiger partial charge in [0, 0.05) is 11.0 Å². The standard InChI is InChI=1S/C13H17BrClNO2/c1-8(2)12(15)7-16-13(17)10-6-9(18-3)4-5-11(10)14/h4-6,8,12H,7H2,1-3H3,(H,16,17). The molecule has 0 radical (unpaired) electrons. The molecule has 1 aromatic rings. The molecule has 0 fully saturated rings. The van der Waals surface area contributed by atoms with E-state index in [0.29, 0.717) is 23.8 Å². The van der Waals surface area contributed by atoms with Gasteiger partial charge in [-0.05, 0) is 40.0 Å². The van der Waals surface area contributed by atoms with E-state index in [1.165, 1.54) is 0 Å². The van der Waals surface area contributed by atoms with Gasteiger partial charge in [-0.15, -0.1) is 11.6 Å². The van der Waals surface area contributed by atoms with Gasteiger partial charge in [-0.25, -0.2) is 0 Å². The van der Waals surface area contributed by atoms with Crippen molar-refractivity contribution >= 4 is 33.4 Å². The second kappa shape index (κ2) is 7.00. The van der Waals surface area contributed by atoms with Crippen LogP contribution in [0.25, 0.3) is 0 Å². The maximum Gasteiger partial charge on any atom is 0.252 e. The van der Waals surface area contributed by atoms with Gasteiger partial charge in [0.2, 0.25) is 0 Å². The van der Waals surface area contributed by atoms with Crippen molar-refractivity contribution < 1.29 is 9.53 Å². The highest BCUT2D eigenvalue weighted by Crippen LogP contribution is 2.22. The minimum absolute atomic E-state index is 0.0710. The van der Waals surface area contributed by atoms with Gasteiger partial charge >= 0.3 is 0 Å². The highest BCUT2D eigenvalue weighted by atomic mass is 79.9. The third kappa shape index (κ3) is 4.18. The van der Waals surface area contributed by atoms with Crippen LogP contribution in [0.3, 0.4) is 0 Å². The van der Waals surface area contributed by atoms with Gasteiger partial charge in [0.1, 0.15) is 5.75 Å². The van der Waals surface area contributed by atoms with Crippen molar-refractivity contribution in [2.75, 3.05) is 13.7 Å². The molecule has 100 valence electrons. The zero-order chi connectivity index (χ0) is 13.7. The van der Waals surface area contributed by atoms with E-state index in [9.17, 15) is 4.79 Å². The van der Waals surface area contributed by atoms with Crippen LogP contribution in [0.2, 0.25) is 0 Å². The fraction of sp³-hybridized carbons (Fsp3) is 0.462. The summed E-state index contributed by atoms with van der Waals surface area (Å²) in [5.41, 5.74) is 0.543. The number of halogens is 2. The first kappa shape index (κ1) is 15.3. The maximum absolute atomic E-state index is 12.0. The molecule has 1 atom stereocenters. The molecule has 1 aromatic carbocycles. The number of methoxy groups -OCH3 is 1. The largest absolute Gasteiger partial charge is 0.497 e. The number of benzene rings is 1. The normalized spacial score (nSPS) is 12.3. The van der Waals surface area contributed by atoms with Crippen LogP contribution in [0.1, 0.15) is 24.2 Å². The van der Waals surface area contributed by atoms with E-state index in [2.05, 4.69) is 21.2 Å². The topological polar surface area (TPSA) is 38.3 Å². The van der Waals surface area contributed by atoms with Gasteiger partial charge in [0.05, 0.1) is 18.1 Å². The zero-order valence-corrected chi connectivity index (χ0v) is 13.0. The van der Waals surface area contributed by atoms with Crippen molar-refractivity contribution in [3.8, 4) is 5.75 Å². The van der Waals surface area contributed by atoms with Crippen LogP contribution in [0.4, 0.5) is 0 Å². The molecule has 1 unspecified atom stereocenters. The summed E-state index contributed by atoms with van der Waals surface area (Å²) >= 11 is 9.44. The van der Waals surface area contributed by atoms with Gasteiger partial charge in [0.25, 0.3) is 5.91 Å². The van der Waals surface area contributed by atoms with Crippen LogP contribution in [0, 0.1) is 5.92 Å². The summed E-state index contributed by atoms with van der Waals surface area (Å²) in [4.78, 5) is 12.0. The minimum atomic E-state index is -0.160. The van der Waals surface area contributed by atoms with E-state index < -0.39 is 0 Å². The molecular weight excluding hydrogens is 318 g/mol. The predicted octanol–water partition coefficient (Wildman–Crippen LogP) is 3.45. The Morgan fingerprint density at radius 3 is 2.72 bits per heavy atom. The van der Waals surface area contributed by atoms with Gasteiger partial charge in [0.15, 0.2) is 0 Å². The second-order valence-corrected chi connectivity index (χ2v) is 5.73. The highest BCUT2D eigenvalue weighted by Gasteiger charge is 2.14. The molecular formula is C13H17BrClNO2. The molecule has 1 rings (SSSR count). The first-order valence-electron chi connectivity index (χ1n) is 5.71. The molecule has 1 N–H and O–H groups in total. The Balaban J connectivity index is 2.72. The quantitative estimate of drug-likeness (QED) is 0.838. The number of alkyl halides is 1. The molecule has 0 aliphatic heterocycles. The van der Waals surface area contributed by atoms with Gasteiger partial charge < -0.3 is 10.1 Å². The summed E-state index contributed by atoms with van der Waals surface area (Å²) in [5, 5.41) is 2.74. The lowest BCUT2D eigenvalue weighted by Crippen LogP contribution is -2.32. The number of carbonyl (C=O) groups excluding carboxylic acids is 1. The average Bonchev–Trinajstić information content (AvgIpc) is 2.35. The number of nitrogens with one attached hydrogen (secondary N) is 1. The fourth-order valence-electron chi connectivity index (χ4n) is 1.33. The summed E-state index contributed by atoms with van der Waals surface area (Å²) in [6.07, 6.45) is 0. The Hall–Kier alpha value is -0.740. The van der Waals surface area contributed by atoms with Crippen LogP contribution >= 0.6 is 27.5 Å². The van der Waals surface area contributed by atoms with Crippen molar-refractivity contribution in [1.29, 1.82) is 0 Å². The summed E-state index contributed by atoms with van der Waals surface area (Å²) in [5.74, 6) is 0.808. The molecule has 0 saturated heterocycles. The Kier molecular flexibility index (Phi) is 5.96. The number of hydrogen-bond acceptors (Lipinski definition) is 2. The lowest BCUT2D eigenvalue weighted by atomic mass is 10.1. The highest BCUT2D eigenvalue weighted by molar-refractivity contribution is 9.10. The molecule has 0 saturated carbocycles. The van der Waals surface area contributed by atoms with E-state index >= 15 is 0 Å². The van der Waals surface area contributed by atoms with Crippen molar-refractivity contribution in [2.24, 2.45) is 5.92 Å². The smallest absolute Gasteiger partial charge is 0.252 e. The summed E-state index contributed by atoms with van der Waals surface area (Å²) in [6.45, 7) is 4.48. The fourth-order valence-corrected chi connectivity index (χ4v) is 1.83. The Morgan fingerprint density at radius 1 is 1.50 bits per heavy atom. The van der Waals surface area contributed by atoms with E-state index in [0.717, 1.165) is 4.47 Å². The van der Waals surface area contributed by atoms with Crippen molar-refractivity contribution in [1.82, 2.24) is 5.32 Å². The van der Waals surface area contributed by atoms with Gasteiger partial charge in [-0.3, -0.25) is 4.79 Å². The Bertz CT molecular complexity index is 423. The summed E-state index contributed by atoms with van der Waals surface area (Å²) < 4.78 is 5.83. The SMILES string of the molecule is COc1ccc(Br)c(C(=O)NCC(Cl)C(C)C)c1. The lowest BCUT2D eigenvalue weighted by Gasteiger charge is -2.14. The number of hydrogen-bond donors (Lipinski definition) is 1. The third-order valence-electron chi connectivity index (χ3n) is 2.60. The van der Waals surface area contributed by atoms with Gasteiger partial charge in [-0.2, -0.15) is 0 Å². The average molecular weight is 335 g/mol. The minimum Gasteiger partial charge on any atom is -0.497 e. The lowest BCUT2D eigenvalue weighted by molar-refractivity contribution is 0.0951. The van der Waals surface area contributed by atoms with Crippen LogP contribution in [0.15, 0.2) is 22.7 Å².